The average molecular weight is 154 g/mol. The fraction of sp³-hybridized carbons (Fsp3) is 0.143. The molecule has 1 aromatic rings. The summed E-state index contributed by atoms with van der Waals surface area (Å²) in [5.41, 5.74) is 0.0920. The van der Waals surface area contributed by atoms with Crippen LogP contribution in [0.4, 0.5) is 10.2 Å². The molecule has 1 rings (SSSR count). The van der Waals surface area contributed by atoms with Crippen molar-refractivity contribution in [3.63, 3.8) is 0 Å². The lowest BCUT2D eigenvalue weighted by molar-refractivity contribution is 0.111. The van der Waals surface area contributed by atoms with Gasteiger partial charge >= 0.3 is 0 Å². The molecule has 4 heteroatoms. The number of nitrogens with zero attached hydrogens (tertiary/aromatic N) is 1. The first kappa shape index (κ1) is 7.65. The van der Waals surface area contributed by atoms with Crippen LogP contribution in [-0.4, -0.2) is 18.3 Å². The Balaban J connectivity index is 3.11. The molecule has 0 amide bonds. The maximum Gasteiger partial charge on any atom is 0.168 e. The van der Waals surface area contributed by atoms with E-state index in [1.54, 1.807) is 7.05 Å². The SMILES string of the molecule is CNc1cc(F)cc(C=O)n1. The average Bonchev–Trinajstić information content (AvgIpc) is 2.03. The molecule has 0 aromatic carbocycles. The molecule has 1 aromatic heterocycles. The molecule has 58 valence electrons. The van der Waals surface area contributed by atoms with E-state index < -0.39 is 5.82 Å². The molecular formula is C7H7FN2O. The van der Waals surface area contributed by atoms with E-state index in [0.29, 0.717) is 12.1 Å². The van der Waals surface area contributed by atoms with Crippen LogP contribution >= 0.6 is 0 Å². The Hall–Kier alpha value is -1.45. The first-order valence-corrected chi connectivity index (χ1v) is 3.07. The number of nitrogens with one attached hydrogen (secondary N) is 1. The van der Waals surface area contributed by atoms with E-state index >= 15 is 0 Å². The number of carbonyl (C=O) groups is 1. The highest BCUT2D eigenvalue weighted by Gasteiger charge is 1.98. The van der Waals surface area contributed by atoms with Gasteiger partial charge in [-0.2, -0.15) is 0 Å². The topological polar surface area (TPSA) is 42.0 Å². The summed E-state index contributed by atoms with van der Waals surface area (Å²) in [5.74, 6) is -0.112. The van der Waals surface area contributed by atoms with Crippen molar-refractivity contribution in [2.24, 2.45) is 0 Å². The molecule has 0 aliphatic heterocycles. The molecule has 0 unspecified atom stereocenters. The van der Waals surface area contributed by atoms with Crippen molar-refractivity contribution >= 4 is 12.1 Å². The summed E-state index contributed by atoms with van der Waals surface area (Å²) in [7, 11) is 1.61. The molecule has 11 heavy (non-hydrogen) atoms. The lowest BCUT2D eigenvalue weighted by Crippen LogP contribution is -1.96. The van der Waals surface area contributed by atoms with Crippen LogP contribution in [0.2, 0.25) is 0 Å². The van der Waals surface area contributed by atoms with Crippen molar-refractivity contribution < 1.29 is 9.18 Å². The highest BCUT2D eigenvalue weighted by molar-refractivity contribution is 5.72. The third-order valence-corrected chi connectivity index (χ3v) is 1.19. The second-order valence-electron chi connectivity index (χ2n) is 1.96. The Bertz CT molecular complexity index is 275. The molecule has 0 atom stereocenters. The van der Waals surface area contributed by atoms with Crippen LogP contribution in [0.25, 0.3) is 0 Å². The fourth-order valence-corrected chi connectivity index (χ4v) is 0.706. The van der Waals surface area contributed by atoms with Gasteiger partial charge in [0.2, 0.25) is 0 Å². The van der Waals surface area contributed by atoms with Crippen molar-refractivity contribution in [3.8, 4) is 0 Å². The zero-order valence-corrected chi connectivity index (χ0v) is 5.97. The van der Waals surface area contributed by atoms with Gasteiger partial charge in [0, 0.05) is 19.2 Å². The summed E-state index contributed by atoms with van der Waals surface area (Å²) in [6.07, 6.45) is 0.504. The molecule has 0 bridgehead atoms. The minimum atomic E-state index is -0.466. The predicted molar refractivity (Wildman–Crippen MR) is 39.1 cm³/mol. The largest absolute Gasteiger partial charge is 0.373 e. The smallest absolute Gasteiger partial charge is 0.168 e. The molecule has 0 radical (unpaired) electrons. The van der Waals surface area contributed by atoms with Gasteiger partial charge in [0.15, 0.2) is 6.29 Å². The summed E-state index contributed by atoms with van der Waals surface area (Å²) >= 11 is 0. The van der Waals surface area contributed by atoms with Gasteiger partial charge < -0.3 is 5.32 Å². The molecule has 0 saturated heterocycles. The summed E-state index contributed by atoms with van der Waals surface area (Å²) in [6, 6.07) is 2.29. The zero-order chi connectivity index (χ0) is 8.27. The maximum atomic E-state index is 12.6. The summed E-state index contributed by atoms with van der Waals surface area (Å²) < 4.78 is 12.6. The second kappa shape index (κ2) is 3.09. The molecule has 0 aliphatic rings. The van der Waals surface area contributed by atoms with Gasteiger partial charge in [0.05, 0.1) is 0 Å². The predicted octanol–water partition coefficient (Wildman–Crippen LogP) is 1.07. The molecule has 0 fully saturated rings. The highest BCUT2D eigenvalue weighted by atomic mass is 19.1. The van der Waals surface area contributed by atoms with E-state index in [2.05, 4.69) is 10.3 Å². The van der Waals surface area contributed by atoms with Gasteiger partial charge in [-0.3, -0.25) is 4.79 Å². The van der Waals surface area contributed by atoms with E-state index in [1.165, 1.54) is 6.07 Å². The summed E-state index contributed by atoms with van der Waals surface area (Å²) in [6.45, 7) is 0. The Morgan fingerprint density at radius 1 is 1.64 bits per heavy atom. The fourth-order valence-electron chi connectivity index (χ4n) is 0.706. The molecule has 1 heterocycles. The molecule has 0 spiro atoms. The third-order valence-electron chi connectivity index (χ3n) is 1.19. The number of pyridine rings is 1. The van der Waals surface area contributed by atoms with Crippen molar-refractivity contribution in [2.75, 3.05) is 12.4 Å². The van der Waals surface area contributed by atoms with Gasteiger partial charge in [-0.25, -0.2) is 9.37 Å². The van der Waals surface area contributed by atoms with Crippen LogP contribution < -0.4 is 5.32 Å². The number of halogens is 1. The van der Waals surface area contributed by atoms with Gasteiger partial charge in [-0.1, -0.05) is 0 Å². The first-order valence-electron chi connectivity index (χ1n) is 3.07. The number of anilines is 1. The van der Waals surface area contributed by atoms with Crippen LogP contribution in [0.5, 0.6) is 0 Å². The lowest BCUT2D eigenvalue weighted by Gasteiger charge is -1.98. The van der Waals surface area contributed by atoms with Gasteiger partial charge in [0.25, 0.3) is 0 Å². The number of aromatic nitrogens is 1. The van der Waals surface area contributed by atoms with Gasteiger partial charge in [-0.05, 0) is 0 Å². The number of carbonyl (C=O) groups excluding carboxylic acids is 1. The lowest BCUT2D eigenvalue weighted by atomic mass is 10.3. The Kier molecular flexibility index (Phi) is 2.15. The Morgan fingerprint density at radius 2 is 2.36 bits per heavy atom. The van der Waals surface area contributed by atoms with E-state index in [-0.39, 0.29) is 5.69 Å². The summed E-state index contributed by atoms with van der Waals surface area (Å²) in [5, 5.41) is 2.63. The first-order chi connectivity index (χ1) is 5.26. The zero-order valence-electron chi connectivity index (χ0n) is 5.97. The van der Waals surface area contributed by atoms with E-state index in [9.17, 15) is 9.18 Å². The normalized spacial score (nSPS) is 9.27. The Morgan fingerprint density at radius 3 is 2.91 bits per heavy atom. The van der Waals surface area contributed by atoms with E-state index in [0.717, 1.165) is 6.07 Å². The van der Waals surface area contributed by atoms with Crippen LogP contribution in [0.15, 0.2) is 12.1 Å². The van der Waals surface area contributed by atoms with Crippen molar-refractivity contribution in [1.29, 1.82) is 0 Å². The molecule has 0 saturated carbocycles. The number of rotatable bonds is 2. The molecule has 0 aliphatic carbocycles. The number of hydrogen-bond donors (Lipinski definition) is 1. The number of aldehydes is 1. The van der Waals surface area contributed by atoms with Gasteiger partial charge in [0.1, 0.15) is 17.3 Å². The van der Waals surface area contributed by atoms with Gasteiger partial charge in [-0.15, -0.1) is 0 Å². The highest BCUT2D eigenvalue weighted by Crippen LogP contribution is 2.06. The Labute approximate surface area is 63.3 Å². The molecular weight excluding hydrogens is 147 g/mol. The quantitative estimate of drug-likeness (QED) is 0.648. The van der Waals surface area contributed by atoms with E-state index in [4.69, 9.17) is 0 Å². The minimum Gasteiger partial charge on any atom is -0.373 e. The molecule has 3 nitrogen and oxygen atoms in total. The van der Waals surface area contributed by atoms with Crippen molar-refractivity contribution in [1.82, 2.24) is 4.98 Å². The standard InChI is InChI=1S/C7H7FN2O/c1-9-7-3-5(8)2-6(4-11)10-7/h2-4H,1H3,(H,9,10). The third kappa shape index (κ3) is 1.73. The second-order valence-corrected chi connectivity index (χ2v) is 1.96. The van der Waals surface area contributed by atoms with Crippen molar-refractivity contribution in [3.05, 3.63) is 23.6 Å². The van der Waals surface area contributed by atoms with E-state index in [1.807, 2.05) is 0 Å². The van der Waals surface area contributed by atoms with Crippen LogP contribution in [-0.2, 0) is 0 Å². The van der Waals surface area contributed by atoms with Crippen LogP contribution in [0.1, 0.15) is 10.5 Å². The van der Waals surface area contributed by atoms with Crippen LogP contribution in [0.3, 0.4) is 0 Å². The number of hydrogen-bond acceptors (Lipinski definition) is 3. The minimum absolute atomic E-state index is 0.0920. The van der Waals surface area contributed by atoms with Crippen LogP contribution in [0, 0.1) is 5.82 Å². The summed E-state index contributed by atoms with van der Waals surface area (Å²) in [4.78, 5) is 13.9. The van der Waals surface area contributed by atoms with Crippen molar-refractivity contribution in [2.45, 2.75) is 0 Å². The monoisotopic (exact) mass is 154 g/mol. The maximum absolute atomic E-state index is 12.6. The molecule has 1 N–H and O–H groups in total.